The highest BCUT2D eigenvalue weighted by Crippen LogP contribution is 2.30. The molecule has 3 nitrogen and oxygen atoms in total. The Kier molecular flexibility index (Phi) is 4.04. The van der Waals surface area contributed by atoms with Crippen LogP contribution in [0.2, 0.25) is 0 Å². The van der Waals surface area contributed by atoms with Crippen LogP contribution in [0, 0.1) is 5.82 Å². The Morgan fingerprint density at radius 1 is 1.12 bits per heavy atom. The fraction of sp³-hybridized carbons (Fsp3) is 0.286. The van der Waals surface area contributed by atoms with Crippen molar-refractivity contribution < 1.29 is 9.18 Å². The van der Waals surface area contributed by atoms with E-state index in [9.17, 15) is 9.18 Å². The van der Waals surface area contributed by atoms with Gasteiger partial charge >= 0.3 is 0 Å². The Hall–Kier alpha value is -2.62. The van der Waals surface area contributed by atoms with E-state index in [4.69, 9.17) is 0 Å². The van der Waals surface area contributed by atoms with Crippen LogP contribution in [0.3, 0.4) is 0 Å². The van der Waals surface area contributed by atoms with Gasteiger partial charge in [0, 0.05) is 42.3 Å². The fourth-order valence-corrected chi connectivity index (χ4v) is 3.75. The van der Waals surface area contributed by atoms with Gasteiger partial charge in [0.25, 0.3) is 5.91 Å². The average Bonchev–Trinajstić information content (AvgIpc) is 2.86. The van der Waals surface area contributed by atoms with Crippen molar-refractivity contribution in [2.45, 2.75) is 32.9 Å². The van der Waals surface area contributed by atoms with Gasteiger partial charge in [0.05, 0.1) is 0 Å². The van der Waals surface area contributed by atoms with E-state index in [2.05, 4.69) is 35.9 Å². The first-order valence-corrected chi connectivity index (χ1v) is 8.82. The van der Waals surface area contributed by atoms with Crippen molar-refractivity contribution in [3.8, 4) is 0 Å². The predicted octanol–water partition coefficient (Wildman–Crippen LogP) is 4.39. The number of aryl methyl sites for hydroxylation is 1. The second-order valence-electron chi connectivity index (χ2n) is 6.64. The summed E-state index contributed by atoms with van der Waals surface area (Å²) in [5.41, 5.74) is 4.30. The molecule has 0 spiro atoms. The van der Waals surface area contributed by atoms with Gasteiger partial charge in [-0.2, -0.15) is 0 Å². The van der Waals surface area contributed by atoms with Crippen molar-refractivity contribution in [3.05, 3.63) is 71.2 Å². The molecule has 128 valence electrons. The van der Waals surface area contributed by atoms with Crippen molar-refractivity contribution in [1.29, 1.82) is 0 Å². The van der Waals surface area contributed by atoms with Gasteiger partial charge in [-0.25, -0.2) is 4.39 Å². The molecule has 4 heteroatoms. The van der Waals surface area contributed by atoms with Crippen LogP contribution >= 0.6 is 0 Å². The van der Waals surface area contributed by atoms with Crippen LogP contribution in [-0.4, -0.2) is 21.9 Å². The maximum atomic E-state index is 13.1. The molecule has 1 aliphatic heterocycles. The maximum Gasteiger partial charge on any atom is 0.254 e. The van der Waals surface area contributed by atoms with Gasteiger partial charge in [-0.15, -0.1) is 0 Å². The molecule has 0 unspecified atom stereocenters. The van der Waals surface area contributed by atoms with E-state index < -0.39 is 0 Å². The molecule has 0 saturated carbocycles. The number of benzene rings is 2. The van der Waals surface area contributed by atoms with Crippen LogP contribution in [0.15, 0.2) is 48.7 Å². The van der Waals surface area contributed by atoms with E-state index in [0.29, 0.717) is 18.7 Å². The first kappa shape index (κ1) is 15.9. The number of hydrogen-bond acceptors (Lipinski definition) is 1. The molecule has 0 radical (unpaired) electrons. The zero-order valence-electron chi connectivity index (χ0n) is 14.3. The number of aromatic nitrogens is 1. The number of amides is 1. The number of nitrogens with zero attached hydrogens (tertiary/aromatic N) is 2. The standard InChI is InChI=1S/C21H21FN2O/c1-2-11-23-13-17-10-12-24(14-16-4-3-5-19(23)20(16)17)21(25)15-6-8-18(22)9-7-15/h3-9,13H,2,10-12,14H2,1H3. The van der Waals surface area contributed by atoms with Gasteiger partial charge in [-0.05, 0) is 54.3 Å². The lowest BCUT2D eigenvalue weighted by molar-refractivity contribution is 0.0747. The molecule has 1 aromatic heterocycles. The van der Waals surface area contributed by atoms with Crippen LogP contribution < -0.4 is 0 Å². The SMILES string of the molecule is CCCn1cc2c3c(cccc31)CN(C(=O)c1ccc(F)cc1)CC2. The summed E-state index contributed by atoms with van der Waals surface area (Å²) >= 11 is 0. The van der Waals surface area contributed by atoms with Crippen LogP contribution in [0.4, 0.5) is 4.39 Å². The van der Waals surface area contributed by atoms with E-state index in [-0.39, 0.29) is 11.7 Å². The highest BCUT2D eigenvalue weighted by molar-refractivity contribution is 5.95. The molecule has 25 heavy (non-hydrogen) atoms. The Bertz CT molecular complexity index is 927. The van der Waals surface area contributed by atoms with Gasteiger partial charge in [-0.3, -0.25) is 4.79 Å². The van der Waals surface area contributed by atoms with Gasteiger partial charge in [0.2, 0.25) is 0 Å². The highest BCUT2D eigenvalue weighted by Gasteiger charge is 2.23. The summed E-state index contributed by atoms with van der Waals surface area (Å²) in [7, 11) is 0. The van der Waals surface area contributed by atoms with E-state index in [0.717, 1.165) is 19.4 Å². The first-order chi connectivity index (χ1) is 12.2. The predicted molar refractivity (Wildman–Crippen MR) is 97.1 cm³/mol. The maximum absolute atomic E-state index is 13.1. The lowest BCUT2D eigenvalue weighted by Gasteiger charge is -2.21. The van der Waals surface area contributed by atoms with Crippen molar-refractivity contribution in [1.82, 2.24) is 9.47 Å². The Balaban J connectivity index is 1.69. The fourth-order valence-electron chi connectivity index (χ4n) is 3.75. The van der Waals surface area contributed by atoms with Gasteiger partial charge < -0.3 is 9.47 Å². The van der Waals surface area contributed by atoms with Crippen molar-refractivity contribution in [2.75, 3.05) is 6.54 Å². The van der Waals surface area contributed by atoms with Gasteiger partial charge in [-0.1, -0.05) is 19.1 Å². The molecule has 0 aliphatic carbocycles. The number of carbonyl (C=O) groups is 1. The van der Waals surface area contributed by atoms with E-state index in [1.807, 2.05) is 4.90 Å². The molecule has 0 fully saturated rings. The second-order valence-corrected chi connectivity index (χ2v) is 6.64. The minimum absolute atomic E-state index is 0.0383. The topological polar surface area (TPSA) is 25.2 Å². The molecular formula is C21H21FN2O. The highest BCUT2D eigenvalue weighted by atomic mass is 19.1. The van der Waals surface area contributed by atoms with Crippen LogP contribution in [0.1, 0.15) is 34.8 Å². The summed E-state index contributed by atoms with van der Waals surface area (Å²) in [6.07, 6.45) is 4.18. The largest absolute Gasteiger partial charge is 0.347 e. The van der Waals surface area contributed by atoms with Crippen LogP contribution in [-0.2, 0) is 19.5 Å². The van der Waals surface area contributed by atoms with Gasteiger partial charge in [0.15, 0.2) is 0 Å². The third-order valence-corrected chi connectivity index (χ3v) is 4.93. The summed E-state index contributed by atoms with van der Waals surface area (Å²) in [5.74, 6) is -0.360. The minimum atomic E-state index is -0.321. The van der Waals surface area contributed by atoms with E-state index >= 15 is 0 Å². The molecule has 1 amide bonds. The molecule has 2 heterocycles. The minimum Gasteiger partial charge on any atom is -0.347 e. The summed E-state index contributed by atoms with van der Waals surface area (Å²) in [6, 6.07) is 12.1. The summed E-state index contributed by atoms with van der Waals surface area (Å²) in [6.45, 7) is 4.47. The number of rotatable bonds is 3. The zero-order chi connectivity index (χ0) is 17.4. The number of hydrogen-bond donors (Lipinski definition) is 0. The molecule has 1 aliphatic rings. The lowest BCUT2D eigenvalue weighted by Crippen LogP contribution is -2.31. The smallest absolute Gasteiger partial charge is 0.254 e. The van der Waals surface area contributed by atoms with Crippen molar-refractivity contribution in [3.63, 3.8) is 0 Å². The normalized spacial score (nSPS) is 13.9. The Morgan fingerprint density at radius 2 is 1.92 bits per heavy atom. The van der Waals surface area contributed by atoms with E-state index in [1.165, 1.54) is 34.2 Å². The van der Waals surface area contributed by atoms with Crippen LogP contribution in [0.25, 0.3) is 10.9 Å². The molecule has 3 aromatic rings. The molecule has 4 rings (SSSR count). The monoisotopic (exact) mass is 336 g/mol. The molecule has 0 saturated heterocycles. The summed E-state index contributed by atoms with van der Waals surface area (Å²) in [5, 5.41) is 1.30. The first-order valence-electron chi connectivity index (χ1n) is 8.82. The Morgan fingerprint density at radius 3 is 2.68 bits per heavy atom. The average molecular weight is 336 g/mol. The summed E-state index contributed by atoms with van der Waals surface area (Å²) < 4.78 is 15.4. The van der Waals surface area contributed by atoms with Crippen molar-refractivity contribution in [2.24, 2.45) is 0 Å². The molecule has 0 atom stereocenters. The molecular weight excluding hydrogens is 315 g/mol. The molecule has 0 N–H and O–H groups in total. The van der Waals surface area contributed by atoms with Crippen molar-refractivity contribution >= 4 is 16.8 Å². The number of halogens is 1. The molecule has 2 aromatic carbocycles. The molecule has 0 bridgehead atoms. The van der Waals surface area contributed by atoms with Crippen LogP contribution in [0.5, 0.6) is 0 Å². The second kappa shape index (κ2) is 6.36. The van der Waals surface area contributed by atoms with E-state index in [1.54, 1.807) is 12.1 Å². The third-order valence-electron chi connectivity index (χ3n) is 4.93. The summed E-state index contributed by atoms with van der Waals surface area (Å²) in [4.78, 5) is 14.7. The number of carbonyl (C=O) groups excluding carboxylic acids is 1. The Labute approximate surface area is 146 Å². The zero-order valence-corrected chi connectivity index (χ0v) is 14.3. The lowest BCUT2D eigenvalue weighted by atomic mass is 10.1. The third kappa shape index (κ3) is 2.82. The quantitative estimate of drug-likeness (QED) is 0.696. The van der Waals surface area contributed by atoms with Gasteiger partial charge in [0.1, 0.15) is 5.82 Å².